The fourth-order valence-corrected chi connectivity index (χ4v) is 4.42. The lowest BCUT2D eigenvalue weighted by Crippen LogP contribution is -2.54. The second-order valence-electron chi connectivity index (χ2n) is 8.90. The quantitative estimate of drug-likeness (QED) is 0.192. The third kappa shape index (κ3) is 7.48. The van der Waals surface area contributed by atoms with Gasteiger partial charge in [-0.3, -0.25) is 19.7 Å². The van der Waals surface area contributed by atoms with Crippen molar-refractivity contribution in [2.45, 2.75) is 20.3 Å². The summed E-state index contributed by atoms with van der Waals surface area (Å²) < 4.78 is 17.7. The maximum absolute atomic E-state index is 13.5. The van der Waals surface area contributed by atoms with Crippen LogP contribution >= 0.6 is 27.5 Å². The molecule has 0 unspecified atom stereocenters. The summed E-state index contributed by atoms with van der Waals surface area (Å²) in [4.78, 5) is 52.5. The van der Waals surface area contributed by atoms with E-state index in [1.165, 1.54) is 18.2 Å². The minimum absolute atomic E-state index is 0.188. The van der Waals surface area contributed by atoms with E-state index in [4.69, 9.17) is 25.8 Å². The van der Waals surface area contributed by atoms with E-state index in [2.05, 4.69) is 26.6 Å². The highest BCUT2D eigenvalue weighted by Crippen LogP contribution is 2.34. The summed E-state index contributed by atoms with van der Waals surface area (Å²) in [7, 11) is 0. The molecular weight excluding hydrogens is 630 g/mol. The fourth-order valence-electron chi connectivity index (χ4n) is 3.92. The number of halogens is 2. The van der Waals surface area contributed by atoms with Crippen LogP contribution < -0.4 is 29.7 Å². The molecule has 0 bridgehead atoms. The number of hydrogen-bond acceptors (Lipinski definition) is 7. The van der Waals surface area contributed by atoms with Crippen LogP contribution in [0.5, 0.6) is 17.2 Å². The molecule has 0 radical (unpaired) electrons. The van der Waals surface area contributed by atoms with Gasteiger partial charge < -0.3 is 19.5 Å². The van der Waals surface area contributed by atoms with Gasteiger partial charge in [0.05, 0.1) is 18.9 Å². The second kappa shape index (κ2) is 14.0. The maximum Gasteiger partial charge on any atom is 0.335 e. The number of nitrogens with zero attached hydrogens (tertiary/aromatic N) is 1. The number of urea groups is 1. The molecule has 1 fully saturated rings. The Balaban J connectivity index is 1.59. The summed E-state index contributed by atoms with van der Waals surface area (Å²) in [5.74, 6) is -1.10. The Labute approximate surface area is 255 Å². The summed E-state index contributed by atoms with van der Waals surface area (Å²) in [5, 5.41) is 5.43. The van der Waals surface area contributed by atoms with E-state index in [0.717, 1.165) is 11.3 Å². The van der Waals surface area contributed by atoms with E-state index >= 15 is 0 Å². The monoisotopic (exact) mass is 655 g/mol. The van der Waals surface area contributed by atoms with E-state index in [9.17, 15) is 19.2 Å². The van der Waals surface area contributed by atoms with Gasteiger partial charge in [0.2, 0.25) is 0 Å². The lowest BCUT2D eigenvalue weighted by molar-refractivity contribution is -0.122. The standard InChI is InChI=1S/C30H27BrClN3O7/c1-3-13-41-25-12-10-22(16-26(25)40-4-2)35-29(38)23(28(37)34-30(35)39)15-18-14-19(31)5-11-24(18)42-17-27(36)33-21-8-6-20(32)7-9-21/h5-12,14-16H,3-4,13,17H2,1-2H3,(H,33,36)(H,34,37,39)/b23-15+. The number of rotatable bonds is 11. The zero-order valence-electron chi connectivity index (χ0n) is 22.7. The number of hydrogen-bond donors (Lipinski definition) is 2. The molecule has 42 heavy (non-hydrogen) atoms. The van der Waals surface area contributed by atoms with Gasteiger partial charge in [-0.2, -0.15) is 0 Å². The molecule has 5 amide bonds. The molecule has 4 rings (SSSR count). The third-order valence-electron chi connectivity index (χ3n) is 5.81. The van der Waals surface area contributed by atoms with E-state index in [1.54, 1.807) is 55.5 Å². The third-order valence-corrected chi connectivity index (χ3v) is 6.55. The van der Waals surface area contributed by atoms with Gasteiger partial charge in [-0.05, 0) is 74.0 Å². The van der Waals surface area contributed by atoms with Crippen LogP contribution in [0, 0.1) is 0 Å². The number of imide groups is 2. The molecule has 1 saturated heterocycles. The van der Waals surface area contributed by atoms with Crippen molar-refractivity contribution < 1.29 is 33.4 Å². The highest BCUT2D eigenvalue weighted by Gasteiger charge is 2.37. The number of ether oxygens (including phenoxy) is 3. The molecular formula is C30H27BrClN3O7. The molecule has 1 aliphatic heterocycles. The van der Waals surface area contributed by atoms with Gasteiger partial charge in [0.15, 0.2) is 18.1 Å². The molecule has 0 saturated carbocycles. The molecule has 218 valence electrons. The molecule has 0 spiro atoms. The van der Waals surface area contributed by atoms with Crippen molar-refractivity contribution in [1.82, 2.24) is 5.32 Å². The van der Waals surface area contributed by atoms with Crippen LogP contribution in [0.25, 0.3) is 6.08 Å². The molecule has 0 atom stereocenters. The van der Waals surface area contributed by atoms with Crippen LogP contribution in [0.2, 0.25) is 5.02 Å². The van der Waals surface area contributed by atoms with Crippen LogP contribution in [-0.4, -0.2) is 43.6 Å². The topological polar surface area (TPSA) is 123 Å². The van der Waals surface area contributed by atoms with Gasteiger partial charge in [-0.15, -0.1) is 0 Å². The summed E-state index contributed by atoms with van der Waals surface area (Å²) >= 11 is 9.26. The van der Waals surface area contributed by atoms with E-state index in [-0.39, 0.29) is 23.6 Å². The molecule has 0 aromatic heterocycles. The van der Waals surface area contributed by atoms with Gasteiger partial charge in [-0.25, -0.2) is 9.69 Å². The first-order valence-corrected chi connectivity index (χ1v) is 14.2. The van der Waals surface area contributed by atoms with Gasteiger partial charge in [0.25, 0.3) is 17.7 Å². The van der Waals surface area contributed by atoms with Crippen LogP contribution in [0.15, 0.2) is 70.7 Å². The Morgan fingerprint density at radius 3 is 2.40 bits per heavy atom. The maximum atomic E-state index is 13.5. The molecule has 1 aliphatic rings. The highest BCUT2D eigenvalue weighted by molar-refractivity contribution is 9.10. The molecule has 0 aliphatic carbocycles. The number of nitrogens with one attached hydrogen (secondary N) is 2. The lowest BCUT2D eigenvalue weighted by Gasteiger charge is -2.27. The van der Waals surface area contributed by atoms with Crippen molar-refractivity contribution in [2.24, 2.45) is 0 Å². The number of carbonyl (C=O) groups is 4. The van der Waals surface area contributed by atoms with Gasteiger partial charge in [-0.1, -0.05) is 34.5 Å². The van der Waals surface area contributed by atoms with Crippen LogP contribution in [0.1, 0.15) is 25.8 Å². The molecule has 12 heteroatoms. The molecule has 2 N–H and O–H groups in total. The van der Waals surface area contributed by atoms with E-state index in [0.29, 0.717) is 45.5 Å². The minimum atomic E-state index is -0.906. The van der Waals surface area contributed by atoms with Crippen molar-refractivity contribution >= 4 is 68.7 Å². The number of benzene rings is 3. The molecule has 1 heterocycles. The Hall–Kier alpha value is -4.35. The zero-order valence-corrected chi connectivity index (χ0v) is 25.1. The summed E-state index contributed by atoms with van der Waals surface area (Å²) in [6.45, 7) is 4.21. The normalized spacial score (nSPS) is 14.0. The predicted molar refractivity (Wildman–Crippen MR) is 162 cm³/mol. The fraction of sp³-hybridized carbons (Fsp3) is 0.200. The lowest BCUT2D eigenvalue weighted by atomic mass is 10.1. The van der Waals surface area contributed by atoms with E-state index in [1.807, 2.05) is 6.92 Å². The zero-order chi connectivity index (χ0) is 30.2. The molecule has 10 nitrogen and oxygen atoms in total. The first-order chi connectivity index (χ1) is 20.2. The van der Waals surface area contributed by atoms with Crippen molar-refractivity contribution in [3.63, 3.8) is 0 Å². The Morgan fingerprint density at radius 2 is 1.69 bits per heavy atom. The van der Waals surface area contributed by atoms with Crippen molar-refractivity contribution in [3.8, 4) is 17.2 Å². The average Bonchev–Trinajstić information content (AvgIpc) is 2.95. The summed E-state index contributed by atoms with van der Waals surface area (Å²) in [6, 6.07) is 15.2. The predicted octanol–water partition coefficient (Wildman–Crippen LogP) is 5.97. The molecule has 3 aromatic rings. The number of amides is 5. The van der Waals surface area contributed by atoms with Gasteiger partial charge in [0.1, 0.15) is 11.3 Å². The largest absolute Gasteiger partial charge is 0.490 e. The Bertz CT molecular complexity index is 1540. The van der Waals surface area contributed by atoms with Gasteiger partial charge in [0, 0.05) is 26.8 Å². The average molecular weight is 657 g/mol. The van der Waals surface area contributed by atoms with Crippen LogP contribution in [-0.2, 0) is 14.4 Å². The van der Waals surface area contributed by atoms with Crippen molar-refractivity contribution in [2.75, 3.05) is 30.0 Å². The highest BCUT2D eigenvalue weighted by atomic mass is 79.9. The first kappa shape index (κ1) is 30.6. The number of anilines is 2. The van der Waals surface area contributed by atoms with Crippen molar-refractivity contribution in [1.29, 1.82) is 0 Å². The summed E-state index contributed by atoms with van der Waals surface area (Å²) in [5.41, 5.74) is 0.743. The first-order valence-electron chi connectivity index (χ1n) is 13.0. The van der Waals surface area contributed by atoms with Crippen LogP contribution in [0.3, 0.4) is 0 Å². The van der Waals surface area contributed by atoms with Crippen molar-refractivity contribution in [3.05, 3.63) is 81.3 Å². The van der Waals surface area contributed by atoms with E-state index < -0.39 is 23.8 Å². The smallest absolute Gasteiger partial charge is 0.335 e. The van der Waals surface area contributed by atoms with Gasteiger partial charge >= 0.3 is 6.03 Å². The van der Waals surface area contributed by atoms with Crippen LogP contribution in [0.4, 0.5) is 16.2 Å². The second-order valence-corrected chi connectivity index (χ2v) is 10.2. The number of barbiturate groups is 1. The Morgan fingerprint density at radius 1 is 0.952 bits per heavy atom. The minimum Gasteiger partial charge on any atom is -0.490 e. The SMILES string of the molecule is CCCOc1ccc(N2C(=O)NC(=O)/C(=C\c3cc(Br)ccc3OCC(=O)Nc3ccc(Cl)cc3)C2=O)cc1OCC. The molecule has 3 aromatic carbocycles. The number of carbonyl (C=O) groups excluding carboxylic acids is 4. The Kier molecular flexibility index (Phi) is 10.2. The summed E-state index contributed by atoms with van der Waals surface area (Å²) in [6.07, 6.45) is 2.08.